The first-order valence-corrected chi connectivity index (χ1v) is 8.03. The topological polar surface area (TPSA) is 76.3 Å². The second kappa shape index (κ2) is 7.89. The summed E-state index contributed by atoms with van der Waals surface area (Å²) in [4.78, 5) is 11.3. The van der Waals surface area contributed by atoms with Gasteiger partial charge in [0.2, 0.25) is 0 Å². The van der Waals surface area contributed by atoms with Crippen LogP contribution in [0.4, 0.5) is 11.5 Å². The number of nitrogens with one attached hydrogen (secondary N) is 1. The Bertz CT molecular complexity index is 628. The summed E-state index contributed by atoms with van der Waals surface area (Å²) >= 11 is 0. The van der Waals surface area contributed by atoms with E-state index in [2.05, 4.69) is 20.2 Å². The van der Waals surface area contributed by atoms with Crippen molar-refractivity contribution in [3.05, 3.63) is 36.7 Å². The Morgan fingerprint density at radius 2 is 2.09 bits per heavy atom. The van der Waals surface area contributed by atoms with Crippen LogP contribution in [0.2, 0.25) is 0 Å². The van der Waals surface area contributed by atoms with Crippen molar-refractivity contribution in [3.8, 4) is 11.3 Å². The molecule has 0 bridgehead atoms. The van der Waals surface area contributed by atoms with E-state index in [9.17, 15) is 0 Å². The third-order valence-corrected chi connectivity index (χ3v) is 3.88. The lowest BCUT2D eigenvalue weighted by molar-refractivity contribution is 0.0378. The van der Waals surface area contributed by atoms with Gasteiger partial charge in [-0.25, -0.2) is 4.98 Å². The fraction of sp³-hybridized carbons (Fsp3) is 0.412. The lowest BCUT2D eigenvalue weighted by atomic mass is 10.1. The molecule has 0 saturated carbocycles. The molecule has 6 nitrogen and oxygen atoms in total. The van der Waals surface area contributed by atoms with Crippen LogP contribution in [0.25, 0.3) is 11.3 Å². The van der Waals surface area contributed by atoms with Crippen LogP contribution in [0.15, 0.2) is 36.7 Å². The molecular weight excluding hydrogens is 290 g/mol. The average Bonchev–Trinajstić information content (AvgIpc) is 2.60. The number of nitrogens with zero attached hydrogens (tertiary/aromatic N) is 3. The molecule has 0 amide bonds. The molecule has 0 atom stereocenters. The minimum absolute atomic E-state index is 0.730. The Morgan fingerprint density at radius 1 is 1.22 bits per heavy atom. The number of anilines is 2. The summed E-state index contributed by atoms with van der Waals surface area (Å²) in [5.41, 5.74) is 8.37. The normalized spacial score (nSPS) is 15.5. The molecule has 0 radical (unpaired) electrons. The van der Waals surface area contributed by atoms with E-state index in [1.165, 1.54) is 0 Å². The maximum atomic E-state index is 5.83. The second-order valence-corrected chi connectivity index (χ2v) is 5.65. The molecule has 1 aliphatic heterocycles. The number of hydrogen-bond acceptors (Lipinski definition) is 6. The maximum absolute atomic E-state index is 5.83. The summed E-state index contributed by atoms with van der Waals surface area (Å²) in [6, 6.07) is 7.69. The number of hydrogen-bond donors (Lipinski definition) is 2. The summed E-state index contributed by atoms with van der Waals surface area (Å²) in [5.74, 6) is 0.798. The summed E-state index contributed by atoms with van der Waals surface area (Å²) < 4.78 is 5.35. The fourth-order valence-corrected chi connectivity index (χ4v) is 2.63. The van der Waals surface area contributed by atoms with Gasteiger partial charge in [0.15, 0.2) is 0 Å². The van der Waals surface area contributed by atoms with Crippen molar-refractivity contribution < 1.29 is 4.74 Å². The van der Waals surface area contributed by atoms with Crippen LogP contribution >= 0.6 is 0 Å². The SMILES string of the molecule is Nc1cccc(-c2cncc(NCCCN3CCOCC3)n2)c1. The van der Waals surface area contributed by atoms with Gasteiger partial charge in [-0.3, -0.25) is 9.88 Å². The smallest absolute Gasteiger partial charge is 0.145 e. The molecule has 23 heavy (non-hydrogen) atoms. The predicted octanol–water partition coefficient (Wildman–Crippen LogP) is 1.86. The zero-order valence-corrected chi connectivity index (χ0v) is 13.2. The van der Waals surface area contributed by atoms with Gasteiger partial charge in [-0.2, -0.15) is 0 Å². The number of rotatable bonds is 6. The predicted molar refractivity (Wildman–Crippen MR) is 92.2 cm³/mol. The van der Waals surface area contributed by atoms with Crippen molar-refractivity contribution >= 4 is 11.5 Å². The molecule has 6 heteroatoms. The highest BCUT2D eigenvalue weighted by Gasteiger charge is 2.09. The van der Waals surface area contributed by atoms with E-state index in [0.29, 0.717) is 0 Å². The van der Waals surface area contributed by atoms with Gasteiger partial charge in [-0.15, -0.1) is 0 Å². The minimum atomic E-state index is 0.730. The summed E-state index contributed by atoms with van der Waals surface area (Å²) in [7, 11) is 0. The average molecular weight is 313 g/mol. The fourth-order valence-electron chi connectivity index (χ4n) is 2.63. The van der Waals surface area contributed by atoms with Crippen LogP contribution in [0.1, 0.15) is 6.42 Å². The zero-order chi connectivity index (χ0) is 15.9. The van der Waals surface area contributed by atoms with Crippen LogP contribution in [-0.2, 0) is 4.74 Å². The molecule has 2 aromatic rings. The quantitative estimate of drug-likeness (QED) is 0.626. The van der Waals surface area contributed by atoms with E-state index in [4.69, 9.17) is 10.5 Å². The third kappa shape index (κ3) is 4.64. The number of ether oxygens (including phenoxy) is 1. The van der Waals surface area contributed by atoms with Crippen LogP contribution < -0.4 is 11.1 Å². The first-order chi connectivity index (χ1) is 11.3. The van der Waals surface area contributed by atoms with Crippen LogP contribution in [0.5, 0.6) is 0 Å². The molecule has 1 saturated heterocycles. The number of aromatic nitrogens is 2. The van der Waals surface area contributed by atoms with Crippen molar-refractivity contribution in [3.63, 3.8) is 0 Å². The van der Waals surface area contributed by atoms with Gasteiger partial charge in [0.25, 0.3) is 0 Å². The van der Waals surface area contributed by atoms with Crippen LogP contribution in [-0.4, -0.2) is 54.3 Å². The van der Waals surface area contributed by atoms with Crippen molar-refractivity contribution in [2.75, 3.05) is 50.4 Å². The highest BCUT2D eigenvalue weighted by molar-refractivity contribution is 5.64. The minimum Gasteiger partial charge on any atom is -0.399 e. The van der Waals surface area contributed by atoms with E-state index in [-0.39, 0.29) is 0 Å². The van der Waals surface area contributed by atoms with Gasteiger partial charge in [-0.1, -0.05) is 12.1 Å². The second-order valence-electron chi connectivity index (χ2n) is 5.65. The van der Waals surface area contributed by atoms with E-state index in [1.54, 1.807) is 12.4 Å². The maximum Gasteiger partial charge on any atom is 0.145 e. The number of nitrogen functional groups attached to an aromatic ring is 1. The Morgan fingerprint density at radius 3 is 2.91 bits per heavy atom. The van der Waals surface area contributed by atoms with Crippen molar-refractivity contribution in [1.29, 1.82) is 0 Å². The van der Waals surface area contributed by atoms with Crippen LogP contribution in [0.3, 0.4) is 0 Å². The Balaban J connectivity index is 1.51. The van der Waals surface area contributed by atoms with Gasteiger partial charge < -0.3 is 15.8 Å². The van der Waals surface area contributed by atoms with Gasteiger partial charge in [0.05, 0.1) is 31.3 Å². The first kappa shape index (κ1) is 15.7. The molecule has 2 heterocycles. The van der Waals surface area contributed by atoms with Crippen LogP contribution in [0, 0.1) is 0 Å². The van der Waals surface area contributed by atoms with Gasteiger partial charge >= 0.3 is 0 Å². The summed E-state index contributed by atoms with van der Waals surface area (Å²) in [6.45, 7) is 5.73. The summed E-state index contributed by atoms with van der Waals surface area (Å²) in [5, 5.41) is 3.35. The lowest BCUT2D eigenvalue weighted by Gasteiger charge is -2.26. The highest BCUT2D eigenvalue weighted by atomic mass is 16.5. The van der Waals surface area contributed by atoms with E-state index < -0.39 is 0 Å². The molecule has 3 N–H and O–H groups in total. The Hall–Kier alpha value is -2.18. The highest BCUT2D eigenvalue weighted by Crippen LogP contribution is 2.19. The molecular formula is C17H23N5O. The lowest BCUT2D eigenvalue weighted by Crippen LogP contribution is -2.37. The summed E-state index contributed by atoms with van der Waals surface area (Å²) in [6.07, 6.45) is 4.59. The van der Waals surface area contributed by atoms with Gasteiger partial charge in [0.1, 0.15) is 5.82 Å². The molecule has 1 aromatic heterocycles. The largest absolute Gasteiger partial charge is 0.399 e. The third-order valence-electron chi connectivity index (χ3n) is 3.88. The first-order valence-electron chi connectivity index (χ1n) is 8.03. The number of nitrogens with two attached hydrogens (primary N) is 1. The standard InChI is InChI=1S/C17H23N5O/c18-15-4-1-3-14(11-15)16-12-19-13-17(21-16)20-5-2-6-22-7-9-23-10-8-22/h1,3-4,11-13H,2,5-10,18H2,(H,20,21). The molecule has 3 rings (SSSR count). The number of morpholine rings is 1. The van der Waals surface area contributed by atoms with E-state index in [0.717, 1.165) is 68.6 Å². The Kier molecular flexibility index (Phi) is 5.39. The van der Waals surface area contributed by atoms with E-state index in [1.807, 2.05) is 24.3 Å². The van der Waals surface area contributed by atoms with Crippen molar-refractivity contribution in [1.82, 2.24) is 14.9 Å². The van der Waals surface area contributed by atoms with Gasteiger partial charge in [-0.05, 0) is 25.1 Å². The molecule has 1 aromatic carbocycles. The number of benzene rings is 1. The Labute approximate surface area is 136 Å². The molecule has 1 aliphatic rings. The van der Waals surface area contributed by atoms with Crippen molar-refractivity contribution in [2.45, 2.75) is 6.42 Å². The van der Waals surface area contributed by atoms with Crippen molar-refractivity contribution in [2.24, 2.45) is 0 Å². The molecule has 122 valence electrons. The monoisotopic (exact) mass is 313 g/mol. The van der Waals surface area contributed by atoms with E-state index >= 15 is 0 Å². The molecule has 0 spiro atoms. The van der Waals surface area contributed by atoms with Gasteiger partial charge in [0, 0.05) is 30.9 Å². The zero-order valence-electron chi connectivity index (χ0n) is 13.2. The molecule has 1 fully saturated rings. The molecule has 0 unspecified atom stereocenters. The molecule has 0 aliphatic carbocycles.